The second kappa shape index (κ2) is 4.27. The monoisotopic (exact) mass is 237 g/mol. The lowest BCUT2D eigenvalue weighted by Gasteiger charge is -2.34. The molecule has 2 unspecified atom stereocenters. The van der Waals surface area contributed by atoms with Gasteiger partial charge in [-0.25, -0.2) is 0 Å². The number of nitrogens with zero attached hydrogens (tertiary/aromatic N) is 1. The van der Waals surface area contributed by atoms with Gasteiger partial charge in [-0.15, -0.1) is 0 Å². The Labute approximate surface area is 104 Å². The smallest absolute Gasteiger partial charge is 0.310 e. The zero-order valence-electron chi connectivity index (χ0n) is 10.8. The van der Waals surface area contributed by atoms with Crippen molar-refractivity contribution in [2.45, 2.75) is 63.5 Å². The molecule has 3 rings (SSSR count). The molecule has 0 aromatic carbocycles. The molecule has 2 saturated heterocycles. The molecule has 3 fully saturated rings. The van der Waals surface area contributed by atoms with E-state index in [-0.39, 0.29) is 11.9 Å². The lowest BCUT2D eigenvalue weighted by Crippen LogP contribution is -2.42. The Balaban J connectivity index is 1.81. The Hall–Kier alpha value is -0.570. The van der Waals surface area contributed by atoms with Crippen molar-refractivity contribution >= 4 is 5.97 Å². The minimum Gasteiger partial charge on any atom is -0.466 e. The molecule has 3 nitrogen and oxygen atoms in total. The molecule has 1 saturated carbocycles. The topological polar surface area (TPSA) is 29.5 Å². The highest BCUT2D eigenvalue weighted by Gasteiger charge is 2.56. The summed E-state index contributed by atoms with van der Waals surface area (Å²) in [7, 11) is 0. The molecule has 0 aromatic heterocycles. The number of carbonyl (C=O) groups is 1. The number of ether oxygens (including phenoxy) is 1. The van der Waals surface area contributed by atoms with Crippen LogP contribution < -0.4 is 0 Å². The van der Waals surface area contributed by atoms with E-state index in [1.54, 1.807) is 0 Å². The van der Waals surface area contributed by atoms with E-state index in [1.165, 1.54) is 45.1 Å². The summed E-state index contributed by atoms with van der Waals surface area (Å²) in [4.78, 5) is 14.7. The van der Waals surface area contributed by atoms with Crippen LogP contribution >= 0.6 is 0 Å². The van der Waals surface area contributed by atoms with Gasteiger partial charge in [0.1, 0.15) is 0 Å². The van der Waals surface area contributed by atoms with E-state index < -0.39 is 0 Å². The maximum atomic E-state index is 12.1. The maximum Gasteiger partial charge on any atom is 0.310 e. The molecule has 0 radical (unpaired) electrons. The van der Waals surface area contributed by atoms with Gasteiger partial charge in [0.2, 0.25) is 0 Å². The molecule has 17 heavy (non-hydrogen) atoms. The third-order valence-electron chi connectivity index (χ3n) is 5.10. The average Bonchev–Trinajstić information content (AvgIpc) is 3.00. The standard InChI is InChI=1S/C14H23NO2/c1-2-17-13(16)11-10-14(7-3-4-8-14)15-9-5-6-12(11)15/h11-12H,2-10H2,1H3. The molecule has 2 heterocycles. The van der Waals surface area contributed by atoms with Crippen LogP contribution in [0.4, 0.5) is 0 Å². The SMILES string of the molecule is CCOC(=O)C1CC2(CCCC2)N2CCCC12. The second-order valence-corrected chi connectivity index (χ2v) is 5.90. The van der Waals surface area contributed by atoms with Crippen LogP contribution in [0.2, 0.25) is 0 Å². The summed E-state index contributed by atoms with van der Waals surface area (Å²) in [5, 5.41) is 0. The average molecular weight is 237 g/mol. The highest BCUT2D eigenvalue weighted by atomic mass is 16.5. The Bertz CT molecular complexity index is 309. The van der Waals surface area contributed by atoms with Gasteiger partial charge in [0.25, 0.3) is 0 Å². The zero-order chi connectivity index (χ0) is 11.9. The molecule has 0 aromatic rings. The predicted molar refractivity (Wildman–Crippen MR) is 65.7 cm³/mol. The lowest BCUT2D eigenvalue weighted by atomic mass is 9.88. The van der Waals surface area contributed by atoms with Gasteiger partial charge >= 0.3 is 5.97 Å². The Kier molecular flexibility index (Phi) is 2.89. The van der Waals surface area contributed by atoms with Crippen molar-refractivity contribution in [2.75, 3.05) is 13.2 Å². The molecule has 1 aliphatic carbocycles. The summed E-state index contributed by atoms with van der Waals surface area (Å²) in [5.74, 6) is 0.226. The van der Waals surface area contributed by atoms with E-state index in [4.69, 9.17) is 4.74 Å². The van der Waals surface area contributed by atoms with Crippen molar-refractivity contribution in [1.29, 1.82) is 0 Å². The summed E-state index contributed by atoms with van der Waals surface area (Å²) >= 11 is 0. The molecule has 2 atom stereocenters. The van der Waals surface area contributed by atoms with Crippen molar-refractivity contribution in [1.82, 2.24) is 4.90 Å². The van der Waals surface area contributed by atoms with E-state index in [0.29, 0.717) is 18.2 Å². The zero-order valence-corrected chi connectivity index (χ0v) is 10.8. The number of hydrogen-bond donors (Lipinski definition) is 0. The van der Waals surface area contributed by atoms with Gasteiger partial charge in [-0.1, -0.05) is 12.8 Å². The van der Waals surface area contributed by atoms with E-state index in [0.717, 1.165) is 6.42 Å². The molecule has 0 bridgehead atoms. The normalized spacial score (nSPS) is 35.4. The summed E-state index contributed by atoms with van der Waals surface area (Å²) in [6.07, 6.45) is 8.83. The first-order valence-electron chi connectivity index (χ1n) is 7.20. The van der Waals surface area contributed by atoms with Crippen LogP contribution in [0.3, 0.4) is 0 Å². The summed E-state index contributed by atoms with van der Waals surface area (Å²) in [5.41, 5.74) is 0.374. The van der Waals surface area contributed by atoms with Gasteiger partial charge in [-0.3, -0.25) is 9.69 Å². The van der Waals surface area contributed by atoms with Crippen molar-refractivity contribution in [3.8, 4) is 0 Å². The number of rotatable bonds is 2. The highest BCUT2D eigenvalue weighted by Crippen LogP contribution is 2.51. The van der Waals surface area contributed by atoms with Crippen molar-refractivity contribution in [3.63, 3.8) is 0 Å². The van der Waals surface area contributed by atoms with E-state index in [1.807, 2.05) is 6.92 Å². The summed E-state index contributed by atoms with van der Waals surface area (Å²) < 4.78 is 5.27. The fourth-order valence-corrected chi connectivity index (χ4v) is 4.48. The van der Waals surface area contributed by atoms with Gasteiger partial charge < -0.3 is 4.74 Å². The Morgan fingerprint density at radius 2 is 2.12 bits per heavy atom. The molecule has 0 N–H and O–H groups in total. The third-order valence-corrected chi connectivity index (χ3v) is 5.10. The minimum absolute atomic E-state index is 0.0631. The third kappa shape index (κ3) is 1.70. The van der Waals surface area contributed by atoms with Gasteiger partial charge in [0.15, 0.2) is 0 Å². The van der Waals surface area contributed by atoms with E-state index in [2.05, 4.69) is 4.90 Å². The first kappa shape index (κ1) is 11.5. The van der Waals surface area contributed by atoms with Crippen LogP contribution in [0.1, 0.15) is 51.9 Å². The van der Waals surface area contributed by atoms with E-state index >= 15 is 0 Å². The lowest BCUT2D eigenvalue weighted by molar-refractivity contribution is -0.148. The molecule has 2 aliphatic heterocycles. The number of carbonyl (C=O) groups excluding carboxylic acids is 1. The van der Waals surface area contributed by atoms with Crippen LogP contribution in [0.15, 0.2) is 0 Å². The number of hydrogen-bond acceptors (Lipinski definition) is 3. The van der Waals surface area contributed by atoms with Crippen LogP contribution in [0.5, 0.6) is 0 Å². The molecular weight excluding hydrogens is 214 g/mol. The largest absolute Gasteiger partial charge is 0.466 e. The molecule has 3 heteroatoms. The quantitative estimate of drug-likeness (QED) is 0.690. The molecule has 3 aliphatic rings. The summed E-state index contributed by atoms with van der Waals surface area (Å²) in [6.45, 7) is 3.64. The summed E-state index contributed by atoms with van der Waals surface area (Å²) in [6, 6.07) is 0.493. The van der Waals surface area contributed by atoms with Gasteiger partial charge in [0.05, 0.1) is 12.5 Å². The molecule has 96 valence electrons. The van der Waals surface area contributed by atoms with Gasteiger partial charge in [-0.2, -0.15) is 0 Å². The van der Waals surface area contributed by atoms with Crippen molar-refractivity contribution < 1.29 is 9.53 Å². The van der Waals surface area contributed by atoms with Crippen molar-refractivity contribution in [2.24, 2.45) is 5.92 Å². The number of fused-ring (bicyclic) bond motifs is 2. The highest BCUT2D eigenvalue weighted by molar-refractivity contribution is 5.74. The molecular formula is C14H23NO2. The Morgan fingerprint density at radius 3 is 2.82 bits per heavy atom. The van der Waals surface area contributed by atoms with Crippen LogP contribution in [0, 0.1) is 5.92 Å². The van der Waals surface area contributed by atoms with Gasteiger partial charge in [0, 0.05) is 11.6 Å². The predicted octanol–water partition coefficient (Wildman–Crippen LogP) is 2.35. The minimum atomic E-state index is 0.0631. The van der Waals surface area contributed by atoms with E-state index in [9.17, 15) is 4.79 Å². The second-order valence-electron chi connectivity index (χ2n) is 5.90. The maximum absolute atomic E-state index is 12.1. The molecule has 0 amide bonds. The van der Waals surface area contributed by atoms with Crippen LogP contribution in [0.25, 0.3) is 0 Å². The first-order valence-corrected chi connectivity index (χ1v) is 7.20. The first-order chi connectivity index (χ1) is 8.27. The number of esters is 1. The fraction of sp³-hybridized carbons (Fsp3) is 0.929. The Morgan fingerprint density at radius 1 is 1.35 bits per heavy atom. The van der Waals surface area contributed by atoms with Crippen LogP contribution in [-0.4, -0.2) is 35.6 Å². The van der Waals surface area contributed by atoms with Crippen molar-refractivity contribution in [3.05, 3.63) is 0 Å². The van der Waals surface area contributed by atoms with Gasteiger partial charge in [-0.05, 0) is 45.6 Å². The van der Waals surface area contributed by atoms with Crippen LogP contribution in [-0.2, 0) is 9.53 Å². The molecule has 1 spiro atoms. The fourth-order valence-electron chi connectivity index (χ4n) is 4.48.